The van der Waals surface area contributed by atoms with E-state index < -0.39 is 5.97 Å². The van der Waals surface area contributed by atoms with Gasteiger partial charge in [0.15, 0.2) is 5.43 Å². The molecule has 6 heteroatoms. The van der Waals surface area contributed by atoms with Gasteiger partial charge in [-0.05, 0) is 49.7 Å². The van der Waals surface area contributed by atoms with Gasteiger partial charge in [0.2, 0.25) is 0 Å². The van der Waals surface area contributed by atoms with Crippen LogP contribution in [0, 0.1) is 6.92 Å². The Morgan fingerprint density at radius 3 is 2.59 bits per heavy atom. The first-order valence-electron chi connectivity index (χ1n) is 10.2. The lowest BCUT2D eigenvalue weighted by atomic mass is 10.00. The molecule has 0 spiro atoms. The number of hydrogen-bond donors (Lipinski definition) is 2. The summed E-state index contributed by atoms with van der Waals surface area (Å²) in [7, 11) is 1.58. The van der Waals surface area contributed by atoms with Crippen LogP contribution in [0.4, 0.5) is 5.69 Å². The average molecular weight is 429 g/mol. The first kappa shape index (κ1) is 21.2. The summed E-state index contributed by atoms with van der Waals surface area (Å²) >= 11 is 0. The van der Waals surface area contributed by atoms with Gasteiger partial charge in [-0.15, -0.1) is 0 Å². The van der Waals surface area contributed by atoms with Gasteiger partial charge in [0.1, 0.15) is 17.1 Å². The number of ether oxygens (including phenoxy) is 1. The van der Waals surface area contributed by atoms with E-state index in [1.165, 1.54) is 6.07 Å². The van der Waals surface area contributed by atoms with Crippen molar-refractivity contribution >= 4 is 22.6 Å². The number of aryl methyl sites for hydroxylation is 1. The molecule has 1 heterocycles. The van der Waals surface area contributed by atoms with Crippen molar-refractivity contribution in [1.29, 1.82) is 0 Å². The summed E-state index contributed by atoms with van der Waals surface area (Å²) in [5, 5.41) is 13.2. The molecule has 1 atom stereocenters. The highest BCUT2D eigenvalue weighted by molar-refractivity contribution is 5.94. The Bertz CT molecular complexity index is 1370. The molecular formula is C26H23NO5. The molecule has 0 aliphatic heterocycles. The van der Waals surface area contributed by atoms with Crippen LogP contribution in [0.5, 0.6) is 5.75 Å². The number of methoxy groups -OCH3 is 1. The van der Waals surface area contributed by atoms with Crippen LogP contribution < -0.4 is 15.5 Å². The number of fused-ring (bicyclic) bond motifs is 1. The Hall–Kier alpha value is -4.06. The standard InChI is InChI=1S/C26H23NO5/c1-15-11-20(16(2)27-22-10-5-4-9-19(22)26(29)30)25-21(12-15)23(28)14-24(32-25)17-7-6-8-18(13-17)31-3/h4-14,16,27H,1-3H3,(H,29,30)/t16-/m1/s1. The second-order valence-corrected chi connectivity index (χ2v) is 7.65. The zero-order valence-corrected chi connectivity index (χ0v) is 18.0. The van der Waals surface area contributed by atoms with Crippen LogP contribution in [0.2, 0.25) is 0 Å². The van der Waals surface area contributed by atoms with Gasteiger partial charge in [0.25, 0.3) is 0 Å². The molecule has 0 aliphatic rings. The van der Waals surface area contributed by atoms with E-state index in [9.17, 15) is 14.7 Å². The van der Waals surface area contributed by atoms with E-state index in [1.54, 1.807) is 37.4 Å². The Kier molecular flexibility index (Phi) is 5.69. The minimum Gasteiger partial charge on any atom is -0.497 e. The van der Waals surface area contributed by atoms with Gasteiger partial charge in [-0.2, -0.15) is 0 Å². The molecule has 0 saturated heterocycles. The third-order valence-corrected chi connectivity index (χ3v) is 5.35. The van der Waals surface area contributed by atoms with Gasteiger partial charge in [0.05, 0.1) is 24.1 Å². The minimum absolute atomic E-state index is 0.146. The van der Waals surface area contributed by atoms with Crippen molar-refractivity contribution in [3.05, 3.63) is 93.6 Å². The lowest BCUT2D eigenvalue weighted by Gasteiger charge is -2.19. The largest absolute Gasteiger partial charge is 0.497 e. The zero-order chi connectivity index (χ0) is 22.8. The molecule has 0 fully saturated rings. The Morgan fingerprint density at radius 1 is 1.06 bits per heavy atom. The third kappa shape index (κ3) is 4.07. The Balaban J connectivity index is 1.85. The van der Waals surface area contributed by atoms with Gasteiger partial charge >= 0.3 is 5.97 Å². The molecule has 1 aromatic heterocycles. The van der Waals surface area contributed by atoms with E-state index in [-0.39, 0.29) is 17.0 Å². The van der Waals surface area contributed by atoms with E-state index in [0.29, 0.717) is 28.2 Å². The second kappa shape index (κ2) is 8.59. The van der Waals surface area contributed by atoms with Crippen LogP contribution in [-0.2, 0) is 0 Å². The molecular weight excluding hydrogens is 406 g/mol. The van der Waals surface area contributed by atoms with E-state index in [0.717, 1.165) is 16.7 Å². The first-order valence-corrected chi connectivity index (χ1v) is 10.2. The maximum absolute atomic E-state index is 13.0. The number of nitrogens with one attached hydrogen (secondary N) is 1. The van der Waals surface area contributed by atoms with Gasteiger partial charge in [0, 0.05) is 22.9 Å². The van der Waals surface area contributed by atoms with Crippen molar-refractivity contribution < 1.29 is 19.1 Å². The van der Waals surface area contributed by atoms with Crippen LogP contribution in [0.3, 0.4) is 0 Å². The van der Waals surface area contributed by atoms with E-state index >= 15 is 0 Å². The molecule has 4 rings (SSSR count). The lowest BCUT2D eigenvalue weighted by molar-refractivity contribution is 0.0698. The lowest BCUT2D eigenvalue weighted by Crippen LogP contribution is -2.12. The van der Waals surface area contributed by atoms with Crippen molar-refractivity contribution in [2.45, 2.75) is 19.9 Å². The van der Waals surface area contributed by atoms with Gasteiger partial charge in [-0.25, -0.2) is 4.79 Å². The van der Waals surface area contributed by atoms with E-state index in [1.807, 2.05) is 44.2 Å². The van der Waals surface area contributed by atoms with E-state index in [2.05, 4.69) is 5.32 Å². The van der Waals surface area contributed by atoms with Crippen LogP contribution in [0.25, 0.3) is 22.3 Å². The highest BCUT2D eigenvalue weighted by Crippen LogP contribution is 2.32. The number of aromatic carboxylic acids is 1. The maximum Gasteiger partial charge on any atom is 0.337 e. The average Bonchev–Trinajstić information content (AvgIpc) is 2.79. The fourth-order valence-electron chi connectivity index (χ4n) is 3.78. The quantitative estimate of drug-likeness (QED) is 0.412. The summed E-state index contributed by atoms with van der Waals surface area (Å²) in [4.78, 5) is 24.6. The van der Waals surface area contributed by atoms with Crippen LogP contribution in [0.1, 0.15) is 34.5 Å². The molecule has 0 saturated carbocycles. The maximum atomic E-state index is 13.0. The predicted molar refractivity (Wildman–Crippen MR) is 125 cm³/mol. The van der Waals surface area contributed by atoms with E-state index in [4.69, 9.17) is 9.15 Å². The number of hydrogen-bond acceptors (Lipinski definition) is 5. The Morgan fingerprint density at radius 2 is 1.84 bits per heavy atom. The molecule has 162 valence electrons. The Labute approximate surface area is 185 Å². The van der Waals surface area contributed by atoms with Crippen molar-refractivity contribution in [2.75, 3.05) is 12.4 Å². The molecule has 0 unspecified atom stereocenters. The topological polar surface area (TPSA) is 88.8 Å². The summed E-state index contributed by atoms with van der Waals surface area (Å²) < 4.78 is 11.5. The number of carboxylic acid groups (broad SMARTS) is 1. The smallest absolute Gasteiger partial charge is 0.337 e. The molecule has 6 nitrogen and oxygen atoms in total. The zero-order valence-electron chi connectivity index (χ0n) is 18.0. The van der Waals surface area contributed by atoms with Crippen LogP contribution >= 0.6 is 0 Å². The SMILES string of the molecule is COc1cccc(-c2cc(=O)c3cc(C)cc([C@@H](C)Nc4ccccc4C(=O)O)c3o2)c1. The summed E-state index contributed by atoms with van der Waals surface area (Å²) in [5.74, 6) is 0.0839. The van der Waals surface area contributed by atoms with Crippen molar-refractivity contribution in [3.63, 3.8) is 0 Å². The number of para-hydroxylation sites is 1. The normalized spacial score (nSPS) is 11.8. The van der Waals surface area contributed by atoms with Crippen LogP contribution in [-0.4, -0.2) is 18.2 Å². The van der Waals surface area contributed by atoms with Crippen molar-refractivity contribution in [1.82, 2.24) is 0 Å². The molecule has 0 aliphatic carbocycles. The minimum atomic E-state index is -1.01. The molecule has 3 aromatic carbocycles. The number of anilines is 1. The fourth-order valence-corrected chi connectivity index (χ4v) is 3.78. The molecule has 2 N–H and O–H groups in total. The summed E-state index contributed by atoms with van der Waals surface area (Å²) in [6.45, 7) is 3.82. The number of rotatable bonds is 6. The number of benzene rings is 3. The van der Waals surface area contributed by atoms with Crippen molar-refractivity contribution in [2.24, 2.45) is 0 Å². The molecule has 0 bridgehead atoms. The summed E-state index contributed by atoms with van der Waals surface area (Å²) in [6, 6.07) is 19.0. The second-order valence-electron chi connectivity index (χ2n) is 7.65. The fraction of sp³-hybridized carbons (Fsp3) is 0.154. The van der Waals surface area contributed by atoms with Crippen LogP contribution in [0.15, 0.2) is 75.9 Å². The molecule has 0 radical (unpaired) electrons. The predicted octanol–water partition coefficient (Wildman–Crippen LogP) is 5.65. The molecule has 0 amide bonds. The van der Waals surface area contributed by atoms with Crippen molar-refractivity contribution in [3.8, 4) is 17.1 Å². The molecule has 32 heavy (non-hydrogen) atoms. The summed E-state index contributed by atoms with van der Waals surface area (Å²) in [5.41, 5.74) is 3.40. The number of carboxylic acids is 1. The number of carbonyl (C=O) groups is 1. The van der Waals surface area contributed by atoms with Gasteiger partial charge < -0.3 is 19.6 Å². The highest BCUT2D eigenvalue weighted by atomic mass is 16.5. The first-order chi connectivity index (χ1) is 15.4. The van der Waals surface area contributed by atoms with Gasteiger partial charge in [-0.1, -0.05) is 30.3 Å². The molecule has 4 aromatic rings. The third-order valence-electron chi connectivity index (χ3n) is 5.35. The van der Waals surface area contributed by atoms with Gasteiger partial charge in [-0.3, -0.25) is 4.79 Å². The summed E-state index contributed by atoms with van der Waals surface area (Å²) in [6.07, 6.45) is 0. The monoisotopic (exact) mass is 429 g/mol. The highest BCUT2D eigenvalue weighted by Gasteiger charge is 2.18.